The van der Waals surface area contributed by atoms with Crippen molar-refractivity contribution in [1.29, 1.82) is 0 Å². The number of benzene rings is 1. The second kappa shape index (κ2) is 8.73. The zero-order valence-electron chi connectivity index (χ0n) is 17.0. The van der Waals surface area contributed by atoms with Gasteiger partial charge >= 0.3 is 0 Å². The number of hydrogen-bond acceptors (Lipinski definition) is 5. The van der Waals surface area contributed by atoms with Gasteiger partial charge in [0.25, 0.3) is 0 Å². The molecule has 2 fully saturated rings. The predicted molar refractivity (Wildman–Crippen MR) is 109 cm³/mol. The second-order valence-corrected chi connectivity index (χ2v) is 8.11. The number of amides is 4. The van der Waals surface area contributed by atoms with E-state index in [9.17, 15) is 19.2 Å². The van der Waals surface area contributed by atoms with Crippen LogP contribution in [0.1, 0.15) is 46.5 Å². The maximum atomic E-state index is 12.3. The molecule has 8 nitrogen and oxygen atoms in total. The Morgan fingerprint density at radius 1 is 1.03 bits per heavy atom. The number of imide groups is 1. The summed E-state index contributed by atoms with van der Waals surface area (Å²) >= 11 is 0. The van der Waals surface area contributed by atoms with E-state index in [0.717, 1.165) is 12.8 Å². The molecule has 3 N–H and O–H groups in total. The highest BCUT2D eigenvalue weighted by molar-refractivity contribution is 6.05. The van der Waals surface area contributed by atoms with Crippen LogP contribution < -0.4 is 16.0 Å². The molecule has 1 aliphatic heterocycles. The van der Waals surface area contributed by atoms with Crippen LogP contribution in [0.15, 0.2) is 24.3 Å². The van der Waals surface area contributed by atoms with Gasteiger partial charge in [0.15, 0.2) is 0 Å². The van der Waals surface area contributed by atoms with Crippen molar-refractivity contribution in [3.05, 3.63) is 24.3 Å². The standard InChI is InChI=1S/C21H28N4O4/c1-12(2)25-19(27)11-17(21(25)29)22-13(3)10-18(26)23-15-6-8-16(9-7-15)24-20(28)14-4-5-14/h6-9,12-14,17,22H,4-5,10-11H2,1-3H3,(H,23,26)(H,24,28)/t13-,17+/m0/s1. The minimum absolute atomic E-state index is 0.0395. The van der Waals surface area contributed by atoms with Crippen molar-refractivity contribution in [3.8, 4) is 0 Å². The Morgan fingerprint density at radius 3 is 2.14 bits per heavy atom. The van der Waals surface area contributed by atoms with E-state index >= 15 is 0 Å². The van der Waals surface area contributed by atoms with Crippen molar-refractivity contribution >= 4 is 35.0 Å². The van der Waals surface area contributed by atoms with Gasteiger partial charge < -0.3 is 16.0 Å². The normalized spacial score (nSPS) is 20.1. The maximum absolute atomic E-state index is 12.3. The highest BCUT2D eigenvalue weighted by Gasteiger charge is 2.40. The highest BCUT2D eigenvalue weighted by atomic mass is 16.2. The third kappa shape index (κ3) is 5.41. The van der Waals surface area contributed by atoms with E-state index in [1.165, 1.54) is 4.90 Å². The Hall–Kier alpha value is -2.74. The monoisotopic (exact) mass is 400 g/mol. The largest absolute Gasteiger partial charge is 0.326 e. The summed E-state index contributed by atoms with van der Waals surface area (Å²) in [5.74, 6) is -0.443. The highest BCUT2D eigenvalue weighted by Crippen LogP contribution is 2.30. The van der Waals surface area contributed by atoms with Crippen molar-refractivity contribution in [1.82, 2.24) is 10.2 Å². The molecule has 1 aromatic rings. The van der Waals surface area contributed by atoms with Gasteiger partial charge in [-0.3, -0.25) is 24.1 Å². The smallest absolute Gasteiger partial charge is 0.247 e. The summed E-state index contributed by atoms with van der Waals surface area (Å²) in [6.45, 7) is 5.42. The lowest BCUT2D eigenvalue weighted by Gasteiger charge is -2.21. The summed E-state index contributed by atoms with van der Waals surface area (Å²) in [5.41, 5.74) is 1.33. The van der Waals surface area contributed by atoms with Crippen molar-refractivity contribution in [2.45, 2.75) is 64.6 Å². The first-order valence-electron chi connectivity index (χ1n) is 10.1. The van der Waals surface area contributed by atoms with Crippen molar-refractivity contribution < 1.29 is 19.2 Å². The fraction of sp³-hybridized carbons (Fsp3) is 0.524. The first-order chi connectivity index (χ1) is 13.7. The molecule has 0 unspecified atom stereocenters. The Bertz CT molecular complexity index is 801. The van der Waals surface area contributed by atoms with Gasteiger partial charge in [-0.25, -0.2) is 0 Å². The molecule has 4 amide bonds. The average molecular weight is 400 g/mol. The Labute approximate surface area is 170 Å². The van der Waals surface area contributed by atoms with Crippen molar-refractivity contribution in [2.24, 2.45) is 5.92 Å². The lowest BCUT2D eigenvalue weighted by molar-refractivity contribution is -0.141. The number of nitrogens with zero attached hydrogens (tertiary/aromatic N) is 1. The minimum Gasteiger partial charge on any atom is -0.326 e. The SMILES string of the molecule is CC(C)N1C(=O)C[C@@H](N[C@@H](C)CC(=O)Nc2ccc(NC(=O)C3CC3)cc2)C1=O. The number of carbonyl (C=O) groups excluding carboxylic acids is 4. The van der Waals surface area contributed by atoms with Gasteiger partial charge in [-0.1, -0.05) is 0 Å². The van der Waals surface area contributed by atoms with Gasteiger partial charge in [-0.05, 0) is 57.9 Å². The third-order valence-electron chi connectivity index (χ3n) is 5.06. The molecule has 1 heterocycles. The van der Waals surface area contributed by atoms with E-state index in [1.807, 2.05) is 6.92 Å². The molecule has 3 rings (SSSR count). The van der Waals surface area contributed by atoms with Gasteiger partial charge in [0, 0.05) is 35.8 Å². The second-order valence-electron chi connectivity index (χ2n) is 8.11. The first kappa shape index (κ1) is 21.0. The Kier molecular flexibility index (Phi) is 6.32. The zero-order chi connectivity index (χ0) is 21.1. The summed E-state index contributed by atoms with van der Waals surface area (Å²) in [6, 6.07) is 5.96. The van der Waals surface area contributed by atoms with Crippen LogP contribution in [0.5, 0.6) is 0 Å². The van der Waals surface area contributed by atoms with E-state index in [1.54, 1.807) is 38.1 Å². The summed E-state index contributed by atoms with van der Waals surface area (Å²) in [4.78, 5) is 49.6. The lowest BCUT2D eigenvalue weighted by Crippen LogP contribution is -2.45. The maximum Gasteiger partial charge on any atom is 0.247 e. The van der Waals surface area contributed by atoms with Gasteiger partial charge in [0.1, 0.15) is 0 Å². The van der Waals surface area contributed by atoms with Crippen LogP contribution in [0.3, 0.4) is 0 Å². The van der Waals surface area contributed by atoms with E-state index in [4.69, 9.17) is 0 Å². The predicted octanol–water partition coefficient (Wildman–Crippen LogP) is 1.88. The fourth-order valence-electron chi connectivity index (χ4n) is 3.44. The molecule has 0 spiro atoms. The number of carbonyl (C=O) groups is 4. The van der Waals surface area contributed by atoms with Crippen LogP contribution in [0.2, 0.25) is 0 Å². The molecule has 29 heavy (non-hydrogen) atoms. The number of anilines is 2. The molecule has 1 aliphatic carbocycles. The topological polar surface area (TPSA) is 108 Å². The summed E-state index contributed by atoms with van der Waals surface area (Å²) < 4.78 is 0. The quantitative estimate of drug-likeness (QED) is 0.578. The summed E-state index contributed by atoms with van der Waals surface area (Å²) in [7, 11) is 0. The number of nitrogens with one attached hydrogen (secondary N) is 3. The molecule has 1 aromatic carbocycles. The first-order valence-corrected chi connectivity index (χ1v) is 10.1. The van der Waals surface area contributed by atoms with Crippen LogP contribution in [0.4, 0.5) is 11.4 Å². The molecule has 1 saturated carbocycles. The minimum atomic E-state index is -0.581. The average Bonchev–Trinajstić information content (AvgIpc) is 3.43. The van der Waals surface area contributed by atoms with Crippen LogP contribution >= 0.6 is 0 Å². The molecular weight excluding hydrogens is 372 g/mol. The number of rotatable bonds is 8. The van der Waals surface area contributed by atoms with Gasteiger partial charge in [0.2, 0.25) is 23.6 Å². The van der Waals surface area contributed by atoms with E-state index in [-0.39, 0.29) is 54.5 Å². The number of hydrogen-bond donors (Lipinski definition) is 3. The van der Waals surface area contributed by atoms with Gasteiger partial charge in [-0.2, -0.15) is 0 Å². The van der Waals surface area contributed by atoms with Crippen LogP contribution in [0.25, 0.3) is 0 Å². The molecular formula is C21H28N4O4. The molecule has 1 saturated heterocycles. The van der Waals surface area contributed by atoms with Crippen molar-refractivity contribution in [2.75, 3.05) is 10.6 Å². The van der Waals surface area contributed by atoms with E-state index in [2.05, 4.69) is 16.0 Å². The van der Waals surface area contributed by atoms with Crippen LogP contribution in [-0.4, -0.2) is 46.7 Å². The molecule has 2 aliphatic rings. The Morgan fingerprint density at radius 2 is 1.62 bits per heavy atom. The van der Waals surface area contributed by atoms with Crippen LogP contribution in [0, 0.1) is 5.92 Å². The summed E-state index contributed by atoms with van der Waals surface area (Å²) in [6.07, 6.45) is 2.18. The lowest BCUT2D eigenvalue weighted by atomic mass is 10.1. The van der Waals surface area contributed by atoms with Gasteiger partial charge in [-0.15, -0.1) is 0 Å². The van der Waals surface area contributed by atoms with E-state index in [0.29, 0.717) is 11.4 Å². The number of likely N-dealkylation sites (tertiary alicyclic amines) is 1. The Balaban J connectivity index is 1.45. The van der Waals surface area contributed by atoms with E-state index < -0.39 is 6.04 Å². The molecule has 156 valence electrons. The molecule has 2 atom stereocenters. The van der Waals surface area contributed by atoms with Crippen molar-refractivity contribution in [3.63, 3.8) is 0 Å². The molecule has 0 aromatic heterocycles. The molecule has 0 bridgehead atoms. The fourth-order valence-corrected chi connectivity index (χ4v) is 3.44. The van der Waals surface area contributed by atoms with Crippen LogP contribution in [-0.2, 0) is 19.2 Å². The summed E-state index contributed by atoms with van der Waals surface area (Å²) in [5, 5.41) is 8.74. The van der Waals surface area contributed by atoms with Gasteiger partial charge in [0.05, 0.1) is 12.5 Å². The zero-order valence-corrected chi connectivity index (χ0v) is 17.0. The molecule has 8 heteroatoms. The molecule has 0 radical (unpaired) electrons. The third-order valence-corrected chi connectivity index (χ3v) is 5.06.